The molecule has 0 aliphatic heterocycles. The van der Waals surface area contributed by atoms with Gasteiger partial charge in [-0.1, -0.05) is 47.4 Å². The molecule has 2 aromatic heterocycles. The first kappa shape index (κ1) is 17.9. The van der Waals surface area contributed by atoms with Crippen molar-refractivity contribution in [3.8, 4) is 0 Å². The molecule has 132 valence electrons. The molecule has 1 aromatic carbocycles. The lowest BCUT2D eigenvalue weighted by atomic mass is 10.1. The molecule has 2 heterocycles. The van der Waals surface area contributed by atoms with Gasteiger partial charge in [-0.15, -0.1) is 0 Å². The Morgan fingerprint density at radius 3 is 2.80 bits per heavy atom. The summed E-state index contributed by atoms with van der Waals surface area (Å²) in [6, 6.07) is 8.19. The Bertz CT molecular complexity index is 949. The fraction of sp³-hybridized carbons (Fsp3) is 0.353. The van der Waals surface area contributed by atoms with Crippen molar-refractivity contribution in [3.63, 3.8) is 0 Å². The van der Waals surface area contributed by atoms with Crippen molar-refractivity contribution in [3.05, 3.63) is 45.1 Å². The van der Waals surface area contributed by atoms with Crippen LogP contribution in [0.2, 0.25) is 0 Å². The Labute approximate surface area is 153 Å². The maximum Gasteiger partial charge on any atom is 0.306 e. The number of thioether (sulfide) groups is 1. The van der Waals surface area contributed by atoms with Crippen molar-refractivity contribution in [1.82, 2.24) is 15.0 Å². The van der Waals surface area contributed by atoms with Gasteiger partial charge in [0.15, 0.2) is 16.6 Å². The zero-order chi connectivity index (χ0) is 18.0. The molecule has 0 saturated heterocycles. The van der Waals surface area contributed by atoms with E-state index in [1.165, 1.54) is 22.9 Å². The number of aliphatic hydroxyl groups is 1. The second-order valence-electron chi connectivity index (χ2n) is 6.43. The van der Waals surface area contributed by atoms with Crippen LogP contribution in [0.4, 0.5) is 5.82 Å². The minimum atomic E-state index is -0.549. The highest BCUT2D eigenvalue weighted by Crippen LogP contribution is 2.29. The van der Waals surface area contributed by atoms with Crippen LogP contribution in [0, 0.1) is 6.92 Å². The van der Waals surface area contributed by atoms with E-state index in [-0.39, 0.29) is 11.5 Å². The highest BCUT2D eigenvalue weighted by atomic mass is 32.2. The van der Waals surface area contributed by atoms with Crippen LogP contribution >= 0.6 is 23.1 Å². The fourth-order valence-corrected chi connectivity index (χ4v) is 3.89. The number of aliphatic hydroxyl groups excluding tert-OH is 1. The lowest BCUT2D eigenvalue weighted by Gasteiger charge is -2.24. The van der Waals surface area contributed by atoms with Gasteiger partial charge in [-0.05, 0) is 31.9 Å². The number of nitrogens with one attached hydrogen (secondary N) is 2. The van der Waals surface area contributed by atoms with E-state index in [1.807, 2.05) is 26.0 Å². The van der Waals surface area contributed by atoms with Gasteiger partial charge in [-0.2, -0.15) is 0 Å². The van der Waals surface area contributed by atoms with Crippen molar-refractivity contribution >= 4 is 39.3 Å². The molecular formula is C17H20N4O2S2. The van der Waals surface area contributed by atoms with Gasteiger partial charge in [0, 0.05) is 5.75 Å². The molecule has 0 aliphatic rings. The molecule has 0 spiro atoms. The standard InChI is InChI=1S/C17H20N4O2S2/c1-10-6-4-5-7-11(10)8-24-15-18-13-12(25-16(23)20-13)14(19-15)21-17(2,3)9-22/h4-7,22H,8-9H2,1-3H3,(H2,18,19,20,21,23). The van der Waals surface area contributed by atoms with Gasteiger partial charge in [-0.3, -0.25) is 9.78 Å². The van der Waals surface area contributed by atoms with Crippen LogP contribution < -0.4 is 10.2 Å². The summed E-state index contributed by atoms with van der Waals surface area (Å²) in [5.41, 5.74) is 2.42. The number of anilines is 1. The molecule has 25 heavy (non-hydrogen) atoms. The molecule has 8 heteroatoms. The van der Waals surface area contributed by atoms with E-state index in [0.717, 1.165) is 17.1 Å². The van der Waals surface area contributed by atoms with Crippen LogP contribution in [0.15, 0.2) is 34.2 Å². The van der Waals surface area contributed by atoms with Crippen molar-refractivity contribution in [2.45, 2.75) is 37.2 Å². The van der Waals surface area contributed by atoms with Gasteiger partial charge in [0.1, 0.15) is 4.70 Å². The molecule has 0 radical (unpaired) electrons. The largest absolute Gasteiger partial charge is 0.394 e. The van der Waals surface area contributed by atoms with E-state index in [0.29, 0.717) is 21.3 Å². The molecule has 3 N–H and O–H groups in total. The average molecular weight is 377 g/mol. The van der Waals surface area contributed by atoms with E-state index in [4.69, 9.17) is 0 Å². The normalized spacial score (nSPS) is 11.8. The summed E-state index contributed by atoms with van der Waals surface area (Å²) in [6.07, 6.45) is 0. The minimum absolute atomic E-state index is 0.0521. The quantitative estimate of drug-likeness (QED) is 0.452. The Morgan fingerprint density at radius 1 is 1.32 bits per heavy atom. The molecule has 0 saturated carbocycles. The van der Waals surface area contributed by atoms with Gasteiger partial charge < -0.3 is 10.4 Å². The minimum Gasteiger partial charge on any atom is -0.394 e. The number of nitrogens with zero attached hydrogens (tertiary/aromatic N) is 2. The fourth-order valence-electron chi connectivity index (χ4n) is 2.25. The maximum atomic E-state index is 11.7. The average Bonchev–Trinajstić information content (AvgIpc) is 2.94. The van der Waals surface area contributed by atoms with Crippen LogP contribution in [0.25, 0.3) is 10.3 Å². The van der Waals surface area contributed by atoms with Crippen molar-refractivity contribution < 1.29 is 5.11 Å². The Balaban J connectivity index is 1.93. The van der Waals surface area contributed by atoms with Gasteiger partial charge in [-0.25, -0.2) is 9.97 Å². The number of hydrogen-bond acceptors (Lipinski definition) is 7. The van der Waals surface area contributed by atoms with Crippen LogP contribution in [0.5, 0.6) is 0 Å². The first-order valence-corrected chi connectivity index (χ1v) is 9.65. The van der Waals surface area contributed by atoms with E-state index in [9.17, 15) is 9.90 Å². The number of fused-ring (bicyclic) bond motifs is 1. The smallest absolute Gasteiger partial charge is 0.306 e. The molecule has 0 bridgehead atoms. The molecule has 0 aliphatic carbocycles. The predicted molar refractivity (Wildman–Crippen MR) is 104 cm³/mol. The van der Waals surface area contributed by atoms with Crippen molar-refractivity contribution in [2.75, 3.05) is 11.9 Å². The third-order valence-electron chi connectivity index (χ3n) is 3.73. The zero-order valence-corrected chi connectivity index (χ0v) is 15.9. The summed E-state index contributed by atoms with van der Waals surface area (Å²) >= 11 is 2.58. The first-order valence-electron chi connectivity index (χ1n) is 7.85. The number of hydrogen-bond donors (Lipinski definition) is 3. The van der Waals surface area contributed by atoms with Gasteiger partial charge >= 0.3 is 4.87 Å². The van der Waals surface area contributed by atoms with E-state index in [2.05, 4.69) is 39.3 Å². The summed E-state index contributed by atoms with van der Waals surface area (Å²) in [4.78, 5) is 23.3. The topological polar surface area (TPSA) is 90.9 Å². The lowest BCUT2D eigenvalue weighted by Crippen LogP contribution is -2.35. The SMILES string of the molecule is Cc1ccccc1CSc1nc(NC(C)(C)CO)c2sc(=O)[nH]c2n1. The number of aromatic nitrogens is 3. The van der Waals surface area contributed by atoms with E-state index >= 15 is 0 Å². The van der Waals surface area contributed by atoms with Crippen molar-refractivity contribution in [1.29, 1.82) is 0 Å². The predicted octanol–water partition coefficient (Wildman–Crippen LogP) is 3.16. The summed E-state index contributed by atoms with van der Waals surface area (Å²) in [6.45, 7) is 5.77. The zero-order valence-electron chi connectivity index (χ0n) is 14.3. The van der Waals surface area contributed by atoms with E-state index in [1.54, 1.807) is 0 Å². The van der Waals surface area contributed by atoms with Gasteiger partial charge in [0.05, 0.1) is 12.1 Å². The summed E-state index contributed by atoms with van der Waals surface area (Å²) < 4.78 is 0.673. The molecule has 0 atom stereocenters. The third kappa shape index (κ3) is 4.20. The summed E-state index contributed by atoms with van der Waals surface area (Å²) in [5.74, 6) is 1.31. The molecule has 3 aromatic rings. The molecular weight excluding hydrogens is 356 g/mol. The monoisotopic (exact) mass is 376 g/mol. The molecule has 0 amide bonds. The molecule has 0 fully saturated rings. The van der Waals surface area contributed by atoms with Crippen molar-refractivity contribution in [2.24, 2.45) is 0 Å². The molecule has 3 rings (SSSR count). The first-order chi connectivity index (χ1) is 11.9. The number of benzene rings is 1. The van der Waals surface area contributed by atoms with Crippen LogP contribution in [-0.4, -0.2) is 32.2 Å². The van der Waals surface area contributed by atoms with Gasteiger partial charge in [0.25, 0.3) is 0 Å². The Morgan fingerprint density at radius 2 is 2.08 bits per heavy atom. The summed E-state index contributed by atoms with van der Waals surface area (Å²) in [7, 11) is 0. The molecule has 0 unspecified atom stereocenters. The lowest BCUT2D eigenvalue weighted by molar-refractivity contribution is 0.234. The third-order valence-corrected chi connectivity index (χ3v) is 5.50. The number of rotatable bonds is 6. The highest BCUT2D eigenvalue weighted by Gasteiger charge is 2.20. The summed E-state index contributed by atoms with van der Waals surface area (Å²) in [5, 5.41) is 13.3. The number of aromatic amines is 1. The Hall–Kier alpha value is -1.90. The highest BCUT2D eigenvalue weighted by molar-refractivity contribution is 7.98. The van der Waals surface area contributed by atoms with E-state index < -0.39 is 5.54 Å². The number of H-pyrrole nitrogens is 1. The van der Waals surface area contributed by atoms with Crippen LogP contribution in [-0.2, 0) is 5.75 Å². The Kier molecular flexibility index (Phi) is 5.12. The number of aryl methyl sites for hydroxylation is 1. The second-order valence-corrected chi connectivity index (χ2v) is 8.35. The van der Waals surface area contributed by atoms with Crippen LogP contribution in [0.3, 0.4) is 0 Å². The maximum absolute atomic E-state index is 11.7. The number of thiazole rings is 1. The van der Waals surface area contributed by atoms with Crippen LogP contribution in [0.1, 0.15) is 25.0 Å². The molecule has 6 nitrogen and oxygen atoms in total. The second kappa shape index (κ2) is 7.15. The van der Waals surface area contributed by atoms with Gasteiger partial charge in [0.2, 0.25) is 0 Å².